The molecule has 0 aliphatic carbocycles. The molecule has 6 heteroatoms. The summed E-state index contributed by atoms with van der Waals surface area (Å²) < 4.78 is 5.63. The predicted molar refractivity (Wildman–Crippen MR) is 81.7 cm³/mol. The molecule has 21 heavy (non-hydrogen) atoms. The van der Waals surface area contributed by atoms with Gasteiger partial charge in [-0.05, 0) is 36.2 Å². The van der Waals surface area contributed by atoms with Gasteiger partial charge in [0, 0.05) is 11.4 Å². The lowest BCUT2D eigenvalue weighted by atomic mass is 10.1. The summed E-state index contributed by atoms with van der Waals surface area (Å²) in [5.74, 6) is 0.668. The van der Waals surface area contributed by atoms with Crippen molar-refractivity contribution in [1.29, 1.82) is 5.26 Å². The number of rotatable bonds is 4. The summed E-state index contributed by atoms with van der Waals surface area (Å²) in [6, 6.07) is 11.6. The highest BCUT2D eigenvalue weighted by molar-refractivity contribution is 9.08. The lowest BCUT2D eigenvalue weighted by Crippen LogP contribution is -1.95. The molecule has 0 saturated carbocycles. The summed E-state index contributed by atoms with van der Waals surface area (Å²) in [6.45, 7) is 1.87. The van der Waals surface area contributed by atoms with Gasteiger partial charge in [-0.15, -0.1) is 0 Å². The highest BCUT2D eigenvalue weighted by Gasteiger charge is 2.17. The van der Waals surface area contributed by atoms with Crippen LogP contribution in [-0.2, 0) is 5.33 Å². The highest BCUT2D eigenvalue weighted by atomic mass is 79.9. The molecular weight excluding hydrogens is 336 g/mol. The first-order valence-electron chi connectivity index (χ1n) is 6.07. The molecule has 0 spiro atoms. The van der Waals surface area contributed by atoms with Crippen LogP contribution in [0.15, 0.2) is 36.4 Å². The second-order valence-electron chi connectivity index (χ2n) is 4.39. The van der Waals surface area contributed by atoms with Crippen molar-refractivity contribution in [3.63, 3.8) is 0 Å². The van der Waals surface area contributed by atoms with Crippen LogP contribution in [0.5, 0.6) is 11.5 Å². The molecule has 0 aliphatic rings. The molecule has 2 aromatic rings. The van der Waals surface area contributed by atoms with Crippen LogP contribution in [0.2, 0.25) is 0 Å². The maximum absolute atomic E-state index is 11.1. The van der Waals surface area contributed by atoms with Crippen LogP contribution in [0.1, 0.15) is 16.7 Å². The van der Waals surface area contributed by atoms with Gasteiger partial charge >= 0.3 is 5.69 Å². The van der Waals surface area contributed by atoms with Crippen LogP contribution in [0.3, 0.4) is 0 Å². The molecule has 0 unspecified atom stereocenters. The van der Waals surface area contributed by atoms with Crippen molar-refractivity contribution >= 4 is 21.6 Å². The number of ether oxygens (including phenoxy) is 1. The van der Waals surface area contributed by atoms with E-state index in [1.54, 1.807) is 6.07 Å². The monoisotopic (exact) mass is 346 g/mol. The lowest BCUT2D eigenvalue weighted by molar-refractivity contribution is -0.385. The molecular formula is C15H11BrN2O3. The van der Waals surface area contributed by atoms with Gasteiger partial charge in [-0.2, -0.15) is 5.26 Å². The quantitative estimate of drug-likeness (QED) is 0.465. The van der Waals surface area contributed by atoms with Gasteiger partial charge in [-0.3, -0.25) is 10.1 Å². The fraction of sp³-hybridized carbons (Fsp3) is 0.133. The van der Waals surface area contributed by atoms with E-state index in [2.05, 4.69) is 15.9 Å². The molecule has 0 radical (unpaired) electrons. The van der Waals surface area contributed by atoms with E-state index in [1.165, 1.54) is 18.2 Å². The van der Waals surface area contributed by atoms with E-state index in [0.29, 0.717) is 5.75 Å². The number of nitrogens with zero attached hydrogens (tertiary/aromatic N) is 2. The molecule has 2 rings (SSSR count). The van der Waals surface area contributed by atoms with Crippen molar-refractivity contribution < 1.29 is 9.66 Å². The standard InChI is InChI=1S/C15H11BrN2O3/c1-10-6-11(8-16)2-4-14(10)21-15-5-3-12(9-17)7-13(15)18(19)20/h2-7H,8H2,1H3. The lowest BCUT2D eigenvalue weighted by Gasteiger charge is -2.10. The molecule has 0 fully saturated rings. The van der Waals surface area contributed by atoms with Crippen LogP contribution in [-0.4, -0.2) is 4.92 Å². The number of hydrogen-bond donors (Lipinski definition) is 0. The fourth-order valence-corrected chi connectivity index (χ4v) is 2.19. The Balaban J connectivity index is 2.40. The summed E-state index contributed by atoms with van der Waals surface area (Å²) >= 11 is 3.37. The minimum absolute atomic E-state index is 0.119. The molecule has 0 atom stereocenters. The normalized spacial score (nSPS) is 9.95. The zero-order chi connectivity index (χ0) is 15.4. The fourth-order valence-electron chi connectivity index (χ4n) is 1.84. The van der Waals surface area contributed by atoms with E-state index in [9.17, 15) is 10.1 Å². The van der Waals surface area contributed by atoms with E-state index in [0.717, 1.165) is 16.5 Å². The third kappa shape index (κ3) is 3.38. The Kier molecular flexibility index (Phi) is 4.55. The van der Waals surface area contributed by atoms with E-state index in [-0.39, 0.29) is 17.0 Å². The Bertz CT molecular complexity index is 738. The van der Waals surface area contributed by atoms with E-state index < -0.39 is 4.92 Å². The number of nitro groups is 1. The van der Waals surface area contributed by atoms with Crippen molar-refractivity contribution in [2.45, 2.75) is 12.3 Å². The molecule has 0 bridgehead atoms. The third-order valence-electron chi connectivity index (χ3n) is 2.90. The van der Waals surface area contributed by atoms with Crippen molar-refractivity contribution in [1.82, 2.24) is 0 Å². The van der Waals surface area contributed by atoms with Gasteiger partial charge in [-0.25, -0.2) is 0 Å². The Labute approximate surface area is 130 Å². The SMILES string of the molecule is Cc1cc(CBr)ccc1Oc1ccc(C#N)cc1[N+](=O)[O-]. The van der Waals surface area contributed by atoms with Gasteiger partial charge in [0.2, 0.25) is 5.75 Å². The van der Waals surface area contributed by atoms with Crippen molar-refractivity contribution in [3.05, 3.63) is 63.2 Å². The summed E-state index contributed by atoms with van der Waals surface area (Å²) in [6.07, 6.45) is 0. The highest BCUT2D eigenvalue weighted by Crippen LogP contribution is 2.33. The molecule has 106 valence electrons. The van der Waals surface area contributed by atoms with Gasteiger partial charge in [0.1, 0.15) is 5.75 Å². The number of alkyl halides is 1. The maximum atomic E-state index is 11.1. The van der Waals surface area contributed by atoms with Crippen LogP contribution < -0.4 is 4.74 Å². The summed E-state index contributed by atoms with van der Waals surface area (Å²) in [5, 5.41) is 20.6. The van der Waals surface area contributed by atoms with E-state index in [1.807, 2.05) is 25.1 Å². The Morgan fingerprint density at radius 1 is 1.29 bits per heavy atom. The molecule has 0 aliphatic heterocycles. The van der Waals surface area contributed by atoms with E-state index >= 15 is 0 Å². The second-order valence-corrected chi connectivity index (χ2v) is 4.95. The third-order valence-corrected chi connectivity index (χ3v) is 3.55. The zero-order valence-corrected chi connectivity index (χ0v) is 12.8. The van der Waals surface area contributed by atoms with Crippen molar-refractivity contribution in [3.8, 4) is 17.6 Å². The summed E-state index contributed by atoms with van der Waals surface area (Å²) in [4.78, 5) is 10.5. The number of nitriles is 1. The van der Waals surface area contributed by atoms with Crippen LogP contribution >= 0.6 is 15.9 Å². The van der Waals surface area contributed by atoms with Crippen molar-refractivity contribution in [2.24, 2.45) is 0 Å². The summed E-state index contributed by atoms with van der Waals surface area (Å²) in [5.41, 5.74) is 1.97. The van der Waals surface area contributed by atoms with Crippen molar-refractivity contribution in [2.75, 3.05) is 0 Å². The first-order chi connectivity index (χ1) is 10.0. The predicted octanol–water partition coefficient (Wildman–Crippen LogP) is 4.46. The Hall–Kier alpha value is -2.39. The number of aryl methyl sites for hydroxylation is 1. The number of benzene rings is 2. The number of hydrogen-bond acceptors (Lipinski definition) is 4. The second kappa shape index (κ2) is 6.37. The molecule has 0 aromatic heterocycles. The minimum atomic E-state index is -0.557. The van der Waals surface area contributed by atoms with Crippen LogP contribution in [0.4, 0.5) is 5.69 Å². The van der Waals surface area contributed by atoms with Gasteiger partial charge in [0.15, 0.2) is 0 Å². The van der Waals surface area contributed by atoms with Gasteiger partial charge in [0.25, 0.3) is 0 Å². The van der Waals surface area contributed by atoms with Gasteiger partial charge < -0.3 is 4.74 Å². The van der Waals surface area contributed by atoms with Gasteiger partial charge in [-0.1, -0.05) is 28.1 Å². The maximum Gasteiger partial charge on any atom is 0.312 e. The largest absolute Gasteiger partial charge is 0.450 e. The smallest absolute Gasteiger partial charge is 0.312 e. The van der Waals surface area contributed by atoms with Crippen LogP contribution in [0, 0.1) is 28.4 Å². The first-order valence-corrected chi connectivity index (χ1v) is 7.19. The first kappa shape index (κ1) is 15.0. The minimum Gasteiger partial charge on any atom is -0.450 e. The molecule has 5 nitrogen and oxygen atoms in total. The molecule has 2 aromatic carbocycles. The average molecular weight is 347 g/mol. The van der Waals surface area contributed by atoms with Crippen LogP contribution in [0.25, 0.3) is 0 Å². The van der Waals surface area contributed by atoms with Gasteiger partial charge in [0.05, 0.1) is 16.6 Å². The van der Waals surface area contributed by atoms with E-state index in [4.69, 9.17) is 10.00 Å². The molecule has 0 amide bonds. The molecule has 0 heterocycles. The average Bonchev–Trinajstić information content (AvgIpc) is 2.49. The number of nitro benzene ring substituents is 1. The zero-order valence-electron chi connectivity index (χ0n) is 11.2. The Morgan fingerprint density at radius 2 is 2.00 bits per heavy atom. The molecule has 0 N–H and O–H groups in total. The number of halogens is 1. The Morgan fingerprint density at radius 3 is 2.57 bits per heavy atom. The summed E-state index contributed by atoms with van der Waals surface area (Å²) in [7, 11) is 0. The topological polar surface area (TPSA) is 76.2 Å². The molecule has 0 saturated heterocycles.